The molecule has 0 saturated heterocycles. The second kappa shape index (κ2) is 4.56. The van der Waals surface area contributed by atoms with E-state index < -0.39 is 6.17 Å². The average Bonchev–Trinajstić information content (AvgIpc) is 2.12. The zero-order chi connectivity index (χ0) is 10.0. The van der Waals surface area contributed by atoms with Gasteiger partial charge in [0.05, 0.1) is 0 Å². The predicted octanol–water partition coefficient (Wildman–Crippen LogP) is 4.47. The molecule has 0 aromatic heterocycles. The van der Waals surface area contributed by atoms with Gasteiger partial charge in [-0.1, -0.05) is 44.0 Å². The first kappa shape index (κ1) is 11.2. The molecule has 0 heterocycles. The van der Waals surface area contributed by atoms with Crippen LogP contribution in [0, 0.1) is 13.8 Å². The molecule has 72 valence electrons. The zero-order valence-electron chi connectivity index (χ0n) is 7.57. The number of rotatable bonds is 2. The fourth-order valence-corrected chi connectivity index (χ4v) is 1.85. The summed E-state index contributed by atoms with van der Waals surface area (Å²) in [7, 11) is 0. The van der Waals surface area contributed by atoms with Gasteiger partial charge in [0, 0.05) is 9.80 Å². The highest BCUT2D eigenvalue weighted by molar-refractivity contribution is 9.10. The first-order valence-electron chi connectivity index (χ1n) is 4.03. The monoisotopic (exact) mass is 308 g/mol. The third kappa shape index (κ3) is 2.53. The molecule has 0 aliphatic rings. The Hall–Kier alpha value is 0.110. The van der Waals surface area contributed by atoms with Crippen LogP contribution in [0.3, 0.4) is 0 Å². The molecule has 1 aromatic carbocycles. The molecule has 0 aliphatic carbocycles. The van der Waals surface area contributed by atoms with Gasteiger partial charge in [0.15, 0.2) is 0 Å². The molecule has 1 aromatic rings. The quantitative estimate of drug-likeness (QED) is 0.707. The van der Waals surface area contributed by atoms with Gasteiger partial charge in [0.25, 0.3) is 0 Å². The summed E-state index contributed by atoms with van der Waals surface area (Å²) in [6.45, 7) is 3.95. The minimum absolute atomic E-state index is 0.355. The summed E-state index contributed by atoms with van der Waals surface area (Å²) >= 11 is 6.58. The zero-order valence-corrected chi connectivity index (χ0v) is 10.7. The molecule has 0 bridgehead atoms. The molecule has 0 amide bonds. The lowest BCUT2D eigenvalue weighted by atomic mass is 10.0. The fraction of sp³-hybridized carbons (Fsp3) is 0.400. The molecule has 13 heavy (non-hydrogen) atoms. The molecule has 1 atom stereocenters. The van der Waals surface area contributed by atoms with Crippen LogP contribution in [0.25, 0.3) is 0 Å². The Morgan fingerprint density at radius 3 is 2.15 bits per heavy atom. The van der Waals surface area contributed by atoms with Crippen LogP contribution < -0.4 is 0 Å². The molecular weight excluding hydrogens is 299 g/mol. The van der Waals surface area contributed by atoms with Crippen molar-refractivity contribution in [1.29, 1.82) is 0 Å². The molecule has 0 radical (unpaired) electrons. The van der Waals surface area contributed by atoms with E-state index in [0.717, 1.165) is 21.2 Å². The summed E-state index contributed by atoms with van der Waals surface area (Å²) in [5, 5.41) is 0.355. The number of hydrogen-bond acceptors (Lipinski definition) is 0. The first-order valence-corrected chi connectivity index (χ1v) is 5.94. The Labute approximate surface area is 94.8 Å². The van der Waals surface area contributed by atoms with Gasteiger partial charge in [0.2, 0.25) is 0 Å². The van der Waals surface area contributed by atoms with E-state index in [2.05, 4.69) is 31.9 Å². The minimum Gasteiger partial charge on any atom is -0.241 e. The first-order chi connectivity index (χ1) is 6.06. The lowest BCUT2D eigenvalue weighted by Gasteiger charge is -2.09. The van der Waals surface area contributed by atoms with Crippen molar-refractivity contribution >= 4 is 31.9 Å². The molecule has 1 rings (SSSR count). The van der Waals surface area contributed by atoms with Crippen molar-refractivity contribution in [1.82, 2.24) is 0 Å². The molecule has 0 fully saturated rings. The molecule has 0 saturated carbocycles. The molecular formula is C10H11Br2F. The van der Waals surface area contributed by atoms with Gasteiger partial charge >= 0.3 is 0 Å². The van der Waals surface area contributed by atoms with Crippen molar-refractivity contribution in [2.45, 2.75) is 20.0 Å². The number of halogens is 3. The Morgan fingerprint density at radius 2 is 1.77 bits per heavy atom. The summed E-state index contributed by atoms with van der Waals surface area (Å²) in [6.07, 6.45) is -0.912. The van der Waals surface area contributed by atoms with Crippen LogP contribution in [0.2, 0.25) is 0 Å². The number of alkyl halides is 2. The van der Waals surface area contributed by atoms with Crippen molar-refractivity contribution in [3.05, 3.63) is 33.3 Å². The van der Waals surface area contributed by atoms with Crippen molar-refractivity contribution in [2.24, 2.45) is 0 Å². The van der Waals surface area contributed by atoms with Crippen LogP contribution in [0.5, 0.6) is 0 Å². The molecule has 3 heteroatoms. The van der Waals surface area contributed by atoms with E-state index in [1.165, 1.54) is 0 Å². The van der Waals surface area contributed by atoms with Crippen LogP contribution in [0.15, 0.2) is 16.6 Å². The molecule has 0 N–H and O–H groups in total. The van der Waals surface area contributed by atoms with Crippen molar-refractivity contribution in [3.8, 4) is 0 Å². The van der Waals surface area contributed by atoms with E-state index in [9.17, 15) is 4.39 Å². The Morgan fingerprint density at radius 1 is 1.31 bits per heavy atom. The summed E-state index contributed by atoms with van der Waals surface area (Å²) < 4.78 is 14.4. The lowest BCUT2D eigenvalue weighted by molar-refractivity contribution is 0.382. The van der Waals surface area contributed by atoms with Crippen LogP contribution in [-0.2, 0) is 0 Å². The summed E-state index contributed by atoms with van der Waals surface area (Å²) in [5.74, 6) is 0. The van der Waals surface area contributed by atoms with Gasteiger partial charge in [-0.2, -0.15) is 0 Å². The van der Waals surface area contributed by atoms with Gasteiger partial charge in [0.1, 0.15) is 6.17 Å². The van der Waals surface area contributed by atoms with E-state index >= 15 is 0 Å². The highest BCUT2D eigenvalue weighted by Gasteiger charge is 2.10. The van der Waals surface area contributed by atoms with Crippen molar-refractivity contribution < 1.29 is 4.39 Å². The van der Waals surface area contributed by atoms with Crippen LogP contribution in [-0.4, -0.2) is 5.33 Å². The number of benzene rings is 1. The number of aryl methyl sites for hydroxylation is 2. The van der Waals surface area contributed by atoms with Gasteiger partial charge < -0.3 is 0 Å². The van der Waals surface area contributed by atoms with Gasteiger partial charge in [-0.05, 0) is 30.5 Å². The fourth-order valence-electron chi connectivity index (χ4n) is 1.25. The Bertz CT molecular complexity index is 287. The third-order valence-corrected chi connectivity index (χ3v) is 3.78. The SMILES string of the molecule is Cc1cc(C(F)CBr)cc(C)c1Br. The second-order valence-corrected chi connectivity index (χ2v) is 4.53. The van der Waals surface area contributed by atoms with E-state index in [4.69, 9.17) is 0 Å². The van der Waals surface area contributed by atoms with E-state index in [1.54, 1.807) is 0 Å². The normalized spacial score (nSPS) is 13.0. The predicted molar refractivity (Wildman–Crippen MR) is 61.3 cm³/mol. The van der Waals surface area contributed by atoms with E-state index in [1.807, 2.05) is 26.0 Å². The maximum Gasteiger partial charge on any atom is 0.135 e. The summed E-state index contributed by atoms with van der Waals surface area (Å²) in [6, 6.07) is 3.76. The van der Waals surface area contributed by atoms with E-state index in [-0.39, 0.29) is 0 Å². The Balaban J connectivity index is 3.13. The van der Waals surface area contributed by atoms with Crippen molar-refractivity contribution in [2.75, 3.05) is 5.33 Å². The standard InChI is InChI=1S/C10H11Br2F/c1-6-3-8(9(13)5-11)4-7(2)10(6)12/h3-4,9H,5H2,1-2H3. The molecule has 0 nitrogen and oxygen atoms in total. The van der Waals surface area contributed by atoms with Gasteiger partial charge in [-0.15, -0.1) is 0 Å². The van der Waals surface area contributed by atoms with Crippen LogP contribution in [0.4, 0.5) is 4.39 Å². The Kier molecular flexibility index (Phi) is 3.92. The van der Waals surface area contributed by atoms with Crippen LogP contribution in [0.1, 0.15) is 22.9 Å². The van der Waals surface area contributed by atoms with Crippen molar-refractivity contribution in [3.63, 3.8) is 0 Å². The topological polar surface area (TPSA) is 0 Å². The minimum atomic E-state index is -0.912. The highest BCUT2D eigenvalue weighted by atomic mass is 79.9. The maximum atomic E-state index is 13.3. The van der Waals surface area contributed by atoms with Gasteiger partial charge in [-0.25, -0.2) is 4.39 Å². The highest BCUT2D eigenvalue weighted by Crippen LogP contribution is 2.27. The molecule has 0 spiro atoms. The average molecular weight is 310 g/mol. The second-order valence-electron chi connectivity index (χ2n) is 3.09. The largest absolute Gasteiger partial charge is 0.241 e. The third-order valence-electron chi connectivity index (χ3n) is 1.96. The van der Waals surface area contributed by atoms with E-state index in [0.29, 0.717) is 5.33 Å². The lowest BCUT2D eigenvalue weighted by Crippen LogP contribution is -1.95. The maximum absolute atomic E-state index is 13.3. The van der Waals surface area contributed by atoms with Crippen LogP contribution >= 0.6 is 31.9 Å². The number of hydrogen-bond donors (Lipinski definition) is 0. The summed E-state index contributed by atoms with van der Waals surface area (Å²) in [5.41, 5.74) is 2.91. The molecule has 1 unspecified atom stereocenters. The van der Waals surface area contributed by atoms with Gasteiger partial charge in [-0.3, -0.25) is 0 Å². The molecule has 0 aliphatic heterocycles. The smallest absolute Gasteiger partial charge is 0.135 e. The summed E-state index contributed by atoms with van der Waals surface area (Å²) in [4.78, 5) is 0.